The molecule has 0 aliphatic carbocycles. The van der Waals surface area contributed by atoms with Crippen LogP contribution in [0.25, 0.3) is 0 Å². The third kappa shape index (κ3) is 3.79. The molecule has 19 heavy (non-hydrogen) atoms. The molecule has 0 unspecified atom stereocenters. The molecule has 0 aromatic heterocycles. The van der Waals surface area contributed by atoms with E-state index in [0.29, 0.717) is 11.3 Å². The number of anilines is 1. The van der Waals surface area contributed by atoms with Gasteiger partial charge >= 0.3 is 0 Å². The molecule has 1 aromatic carbocycles. The Balaban J connectivity index is 2.90. The third-order valence-electron chi connectivity index (χ3n) is 2.97. The fraction of sp³-hybridized carbons (Fsp3) is 0.429. The minimum absolute atomic E-state index is 0.0935. The Morgan fingerprint density at radius 2 is 1.84 bits per heavy atom. The van der Waals surface area contributed by atoms with Crippen LogP contribution < -0.4 is 10.6 Å². The second kappa shape index (κ2) is 5.84. The number of rotatable bonds is 4. The van der Waals surface area contributed by atoms with Crippen LogP contribution in [0.2, 0.25) is 0 Å². The molecule has 0 heterocycles. The predicted octanol–water partition coefficient (Wildman–Crippen LogP) is 1.32. The van der Waals surface area contributed by atoms with Gasteiger partial charge in [0.2, 0.25) is 5.91 Å². The summed E-state index contributed by atoms with van der Waals surface area (Å²) < 4.78 is 0. The lowest BCUT2D eigenvalue weighted by Gasteiger charge is -2.23. The van der Waals surface area contributed by atoms with Crippen LogP contribution in [0, 0.1) is 0 Å². The Hall–Kier alpha value is -1.88. The van der Waals surface area contributed by atoms with Crippen molar-refractivity contribution in [3.63, 3.8) is 0 Å². The number of nitrogens with one attached hydrogen (secondary N) is 2. The second-order valence-electron chi connectivity index (χ2n) is 5.11. The molecule has 0 saturated heterocycles. The van der Waals surface area contributed by atoms with Crippen molar-refractivity contribution in [2.75, 3.05) is 26.5 Å². The molecule has 2 amide bonds. The minimum Gasteiger partial charge on any atom is -0.345 e. The van der Waals surface area contributed by atoms with Gasteiger partial charge in [0.1, 0.15) is 0 Å². The number of hydrogen-bond donors (Lipinski definition) is 2. The fourth-order valence-corrected chi connectivity index (χ4v) is 1.39. The first-order valence-electron chi connectivity index (χ1n) is 6.10. The van der Waals surface area contributed by atoms with Crippen molar-refractivity contribution in [2.45, 2.75) is 19.4 Å². The van der Waals surface area contributed by atoms with Gasteiger partial charge in [0.05, 0.1) is 5.54 Å². The summed E-state index contributed by atoms with van der Waals surface area (Å²) >= 11 is 0. The topological polar surface area (TPSA) is 61.4 Å². The second-order valence-corrected chi connectivity index (χ2v) is 5.11. The maximum absolute atomic E-state index is 12.0. The maximum atomic E-state index is 12.0. The molecule has 0 bridgehead atoms. The van der Waals surface area contributed by atoms with Crippen LogP contribution in [-0.2, 0) is 4.79 Å². The molecule has 1 rings (SSSR count). The molecule has 0 radical (unpaired) electrons. The number of hydrogen-bond acceptors (Lipinski definition) is 3. The molecule has 0 saturated carbocycles. The Bertz CT molecular complexity index is 481. The molecule has 0 spiro atoms. The van der Waals surface area contributed by atoms with Crippen molar-refractivity contribution in [3.8, 4) is 0 Å². The van der Waals surface area contributed by atoms with Crippen LogP contribution in [-0.4, -0.2) is 43.4 Å². The van der Waals surface area contributed by atoms with Crippen LogP contribution in [0.15, 0.2) is 24.3 Å². The first-order chi connectivity index (χ1) is 8.77. The minimum atomic E-state index is -0.665. The maximum Gasteiger partial charge on any atom is 0.253 e. The highest BCUT2D eigenvalue weighted by atomic mass is 16.2. The van der Waals surface area contributed by atoms with Crippen LogP contribution >= 0.6 is 0 Å². The zero-order valence-corrected chi connectivity index (χ0v) is 12.1. The van der Waals surface area contributed by atoms with E-state index in [1.54, 1.807) is 59.3 Å². The molecular weight excluding hydrogens is 242 g/mol. The molecule has 1 aromatic rings. The van der Waals surface area contributed by atoms with Gasteiger partial charge in [-0.3, -0.25) is 9.59 Å². The quantitative estimate of drug-likeness (QED) is 0.861. The van der Waals surface area contributed by atoms with Gasteiger partial charge in [0.25, 0.3) is 5.91 Å². The average molecular weight is 263 g/mol. The normalized spacial score (nSPS) is 11.0. The van der Waals surface area contributed by atoms with Crippen molar-refractivity contribution in [3.05, 3.63) is 29.8 Å². The summed E-state index contributed by atoms with van der Waals surface area (Å²) in [6.45, 7) is 3.58. The molecule has 0 aliphatic rings. The highest BCUT2D eigenvalue weighted by Crippen LogP contribution is 2.14. The Morgan fingerprint density at radius 1 is 1.21 bits per heavy atom. The molecule has 5 nitrogen and oxygen atoms in total. The molecule has 0 fully saturated rings. The third-order valence-corrected chi connectivity index (χ3v) is 2.97. The number of likely N-dealkylation sites (N-methyl/N-ethyl adjacent to an activating group) is 1. The summed E-state index contributed by atoms with van der Waals surface area (Å²) in [4.78, 5) is 25.3. The Labute approximate surface area is 114 Å². The van der Waals surface area contributed by atoms with Gasteiger partial charge in [-0.2, -0.15) is 0 Å². The largest absolute Gasteiger partial charge is 0.345 e. The Morgan fingerprint density at radius 3 is 2.37 bits per heavy atom. The van der Waals surface area contributed by atoms with Crippen molar-refractivity contribution < 1.29 is 9.59 Å². The van der Waals surface area contributed by atoms with Gasteiger partial charge in [-0.25, -0.2) is 0 Å². The van der Waals surface area contributed by atoms with E-state index < -0.39 is 5.54 Å². The van der Waals surface area contributed by atoms with Crippen molar-refractivity contribution in [1.82, 2.24) is 10.2 Å². The number of carbonyl (C=O) groups excluding carboxylic acids is 2. The lowest BCUT2D eigenvalue weighted by atomic mass is 10.0. The van der Waals surface area contributed by atoms with E-state index in [4.69, 9.17) is 0 Å². The lowest BCUT2D eigenvalue weighted by Crippen LogP contribution is -2.47. The molecule has 104 valence electrons. The highest BCUT2D eigenvalue weighted by Gasteiger charge is 2.25. The number of amides is 2. The van der Waals surface area contributed by atoms with Crippen LogP contribution in [0.3, 0.4) is 0 Å². The van der Waals surface area contributed by atoms with Crippen molar-refractivity contribution >= 4 is 17.5 Å². The van der Waals surface area contributed by atoms with E-state index >= 15 is 0 Å². The van der Waals surface area contributed by atoms with Gasteiger partial charge in [0, 0.05) is 25.3 Å². The zero-order valence-electron chi connectivity index (χ0n) is 12.1. The number of benzene rings is 1. The van der Waals surface area contributed by atoms with Gasteiger partial charge in [-0.05, 0) is 39.1 Å². The predicted molar refractivity (Wildman–Crippen MR) is 76.2 cm³/mol. The van der Waals surface area contributed by atoms with E-state index in [1.807, 2.05) is 0 Å². The Kier molecular flexibility index (Phi) is 4.67. The molecule has 0 atom stereocenters. The SMILES string of the molecule is CNC(C)(C)C(=O)Nc1cccc(C(=O)N(C)C)c1. The van der Waals surface area contributed by atoms with E-state index in [9.17, 15) is 9.59 Å². The van der Waals surface area contributed by atoms with Crippen molar-refractivity contribution in [2.24, 2.45) is 0 Å². The van der Waals surface area contributed by atoms with Gasteiger partial charge in [-0.1, -0.05) is 6.07 Å². The highest BCUT2D eigenvalue weighted by molar-refractivity contribution is 5.99. The van der Waals surface area contributed by atoms with Gasteiger partial charge in [0.15, 0.2) is 0 Å². The first-order valence-corrected chi connectivity index (χ1v) is 6.10. The van der Waals surface area contributed by atoms with E-state index in [-0.39, 0.29) is 11.8 Å². The molecule has 2 N–H and O–H groups in total. The lowest BCUT2D eigenvalue weighted by molar-refractivity contribution is -0.121. The summed E-state index contributed by atoms with van der Waals surface area (Å²) in [6.07, 6.45) is 0. The number of nitrogens with zero attached hydrogens (tertiary/aromatic N) is 1. The van der Waals surface area contributed by atoms with E-state index in [2.05, 4.69) is 10.6 Å². The number of carbonyl (C=O) groups is 2. The summed E-state index contributed by atoms with van der Waals surface area (Å²) in [7, 11) is 5.11. The molecular formula is C14H21N3O2. The van der Waals surface area contributed by atoms with E-state index in [0.717, 1.165) is 0 Å². The smallest absolute Gasteiger partial charge is 0.253 e. The fourth-order valence-electron chi connectivity index (χ4n) is 1.39. The van der Waals surface area contributed by atoms with Crippen molar-refractivity contribution in [1.29, 1.82) is 0 Å². The summed E-state index contributed by atoms with van der Waals surface area (Å²) in [5.74, 6) is -0.242. The first kappa shape index (κ1) is 15.2. The van der Waals surface area contributed by atoms with Gasteiger partial charge < -0.3 is 15.5 Å². The van der Waals surface area contributed by atoms with Crippen LogP contribution in [0.1, 0.15) is 24.2 Å². The van der Waals surface area contributed by atoms with Crippen LogP contribution in [0.4, 0.5) is 5.69 Å². The monoisotopic (exact) mass is 263 g/mol. The van der Waals surface area contributed by atoms with E-state index in [1.165, 1.54) is 4.90 Å². The molecule has 0 aliphatic heterocycles. The standard InChI is InChI=1S/C14H21N3O2/c1-14(2,15-3)13(19)16-11-8-6-7-10(9-11)12(18)17(4)5/h6-9,15H,1-5H3,(H,16,19). The zero-order chi connectivity index (χ0) is 14.6. The van der Waals surface area contributed by atoms with Gasteiger partial charge in [-0.15, -0.1) is 0 Å². The average Bonchev–Trinajstić information content (AvgIpc) is 2.37. The van der Waals surface area contributed by atoms with Crippen LogP contribution in [0.5, 0.6) is 0 Å². The summed E-state index contributed by atoms with van der Waals surface area (Å²) in [5, 5.41) is 5.72. The summed E-state index contributed by atoms with van der Waals surface area (Å²) in [6, 6.07) is 6.90. The summed E-state index contributed by atoms with van der Waals surface area (Å²) in [5.41, 5.74) is 0.493. The molecule has 5 heteroatoms.